The van der Waals surface area contributed by atoms with Crippen LogP contribution in [0.25, 0.3) is 0 Å². The molecule has 0 heterocycles. The van der Waals surface area contributed by atoms with Gasteiger partial charge in [0.1, 0.15) is 5.60 Å². The van der Waals surface area contributed by atoms with Gasteiger partial charge in [-0.15, -0.1) is 0 Å². The number of alkyl carbamates (subject to hydrolysis) is 1. The van der Waals surface area contributed by atoms with Gasteiger partial charge in [0.15, 0.2) is 0 Å². The van der Waals surface area contributed by atoms with Crippen molar-refractivity contribution in [1.29, 1.82) is 0 Å². The van der Waals surface area contributed by atoms with Gasteiger partial charge in [0.2, 0.25) is 0 Å². The maximum absolute atomic E-state index is 11.2. The molecular formula is C11H23NO2. The minimum Gasteiger partial charge on any atom is -0.444 e. The fourth-order valence-corrected chi connectivity index (χ4v) is 0.863. The van der Waals surface area contributed by atoms with Crippen molar-refractivity contribution >= 4 is 6.09 Å². The van der Waals surface area contributed by atoms with Crippen molar-refractivity contribution < 1.29 is 9.53 Å². The lowest BCUT2D eigenvalue weighted by Gasteiger charge is -2.21. The molecule has 1 aliphatic rings. The van der Waals surface area contributed by atoms with E-state index in [2.05, 4.69) is 5.32 Å². The van der Waals surface area contributed by atoms with Crippen LogP contribution in [0.2, 0.25) is 0 Å². The number of carbonyl (C=O) groups is 1. The van der Waals surface area contributed by atoms with Crippen molar-refractivity contribution in [3.63, 3.8) is 0 Å². The van der Waals surface area contributed by atoms with E-state index in [-0.39, 0.29) is 11.6 Å². The lowest BCUT2D eigenvalue weighted by atomic mass is 10.2. The largest absolute Gasteiger partial charge is 0.444 e. The van der Waals surface area contributed by atoms with E-state index in [0.717, 1.165) is 12.8 Å². The van der Waals surface area contributed by atoms with Crippen LogP contribution in [-0.2, 0) is 4.74 Å². The van der Waals surface area contributed by atoms with Crippen LogP contribution >= 0.6 is 0 Å². The summed E-state index contributed by atoms with van der Waals surface area (Å²) in [5, 5.41) is 2.83. The molecule has 0 spiro atoms. The van der Waals surface area contributed by atoms with Crippen LogP contribution in [0, 0.1) is 0 Å². The molecule has 0 unspecified atom stereocenters. The molecule has 0 aliphatic heterocycles. The first-order valence-electron chi connectivity index (χ1n) is 5.32. The van der Waals surface area contributed by atoms with Crippen molar-refractivity contribution in [3.05, 3.63) is 0 Å². The number of ether oxygens (including phenoxy) is 1. The molecule has 1 rings (SSSR count). The molecule has 0 atom stereocenters. The second-order valence-electron chi connectivity index (χ2n) is 4.69. The molecule has 1 aliphatic carbocycles. The highest BCUT2D eigenvalue weighted by atomic mass is 16.6. The van der Waals surface area contributed by atoms with Gasteiger partial charge in [0.05, 0.1) is 0 Å². The van der Waals surface area contributed by atoms with Crippen LogP contribution in [0.4, 0.5) is 4.79 Å². The van der Waals surface area contributed by atoms with Crippen molar-refractivity contribution in [2.24, 2.45) is 0 Å². The second kappa shape index (κ2) is 4.67. The van der Waals surface area contributed by atoms with Gasteiger partial charge in [-0.2, -0.15) is 0 Å². The van der Waals surface area contributed by atoms with E-state index in [9.17, 15) is 4.79 Å². The number of nitrogens with one attached hydrogen (secondary N) is 1. The van der Waals surface area contributed by atoms with Crippen LogP contribution < -0.4 is 5.32 Å². The fourth-order valence-electron chi connectivity index (χ4n) is 0.863. The van der Waals surface area contributed by atoms with E-state index in [4.69, 9.17) is 4.74 Å². The van der Waals surface area contributed by atoms with E-state index in [1.165, 1.54) is 0 Å². The summed E-state index contributed by atoms with van der Waals surface area (Å²) >= 11 is 0. The summed E-state index contributed by atoms with van der Waals surface area (Å²) < 4.78 is 5.10. The maximum Gasteiger partial charge on any atom is 0.408 e. The third kappa shape index (κ3) is 5.84. The molecule has 3 heteroatoms. The quantitative estimate of drug-likeness (QED) is 0.708. The number of amides is 1. The molecule has 84 valence electrons. The number of hydrogen-bond donors (Lipinski definition) is 1. The topological polar surface area (TPSA) is 38.3 Å². The molecule has 0 aromatic rings. The minimum absolute atomic E-state index is 0.0162. The summed E-state index contributed by atoms with van der Waals surface area (Å²) in [5.41, 5.74) is -0.377. The summed E-state index contributed by atoms with van der Waals surface area (Å²) in [6, 6.07) is 0. The van der Waals surface area contributed by atoms with E-state index in [1.807, 2.05) is 41.5 Å². The van der Waals surface area contributed by atoms with Gasteiger partial charge >= 0.3 is 6.09 Å². The first-order valence-corrected chi connectivity index (χ1v) is 5.32. The van der Waals surface area contributed by atoms with Crippen LogP contribution in [-0.4, -0.2) is 17.2 Å². The van der Waals surface area contributed by atoms with Gasteiger partial charge in [-0.25, -0.2) is 4.79 Å². The SMILES string of the molecule is CC.CC1(NC(=O)OC(C)(C)C)CC1. The maximum atomic E-state index is 11.2. The first kappa shape index (κ1) is 13.3. The average molecular weight is 201 g/mol. The Morgan fingerprint density at radius 1 is 1.29 bits per heavy atom. The Balaban J connectivity index is 0.000000791. The van der Waals surface area contributed by atoms with Crippen molar-refractivity contribution in [2.75, 3.05) is 0 Å². The summed E-state index contributed by atoms with van der Waals surface area (Å²) in [5.74, 6) is 0. The van der Waals surface area contributed by atoms with Gasteiger partial charge < -0.3 is 10.1 Å². The smallest absolute Gasteiger partial charge is 0.408 e. The molecule has 1 N–H and O–H groups in total. The Hall–Kier alpha value is -0.730. The molecular weight excluding hydrogens is 178 g/mol. The van der Waals surface area contributed by atoms with E-state index in [1.54, 1.807) is 0 Å². The summed E-state index contributed by atoms with van der Waals surface area (Å²) in [6.45, 7) is 11.6. The Bertz CT molecular complexity index is 181. The lowest BCUT2D eigenvalue weighted by molar-refractivity contribution is 0.0502. The summed E-state index contributed by atoms with van der Waals surface area (Å²) in [4.78, 5) is 11.2. The zero-order valence-electron chi connectivity index (χ0n) is 10.2. The summed E-state index contributed by atoms with van der Waals surface area (Å²) in [7, 11) is 0. The average Bonchev–Trinajstić information content (AvgIpc) is 2.67. The highest BCUT2D eigenvalue weighted by Gasteiger charge is 2.39. The van der Waals surface area contributed by atoms with Crippen molar-refractivity contribution in [2.45, 2.75) is 65.5 Å². The van der Waals surface area contributed by atoms with Crippen LogP contribution in [0.5, 0.6) is 0 Å². The molecule has 0 aromatic heterocycles. The fraction of sp³-hybridized carbons (Fsp3) is 0.909. The zero-order chi connectivity index (χ0) is 11.4. The highest BCUT2D eigenvalue weighted by molar-refractivity contribution is 5.69. The van der Waals surface area contributed by atoms with Crippen LogP contribution in [0.15, 0.2) is 0 Å². The third-order valence-electron chi connectivity index (χ3n) is 1.80. The molecule has 1 fully saturated rings. The molecule has 3 nitrogen and oxygen atoms in total. The van der Waals surface area contributed by atoms with Crippen molar-refractivity contribution in [1.82, 2.24) is 5.32 Å². The molecule has 0 aromatic carbocycles. The Labute approximate surface area is 87.2 Å². The standard InChI is InChI=1S/C9H17NO2.C2H6/c1-8(2,3)12-7(11)10-9(4)5-6-9;1-2/h5-6H2,1-4H3,(H,10,11);1-2H3. The van der Waals surface area contributed by atoms with Gasteiger partial charge in [-0.05, 0) is 40.5 Å². The Kier molecular flexibility index (Phi) is 4.43. The number of rotatable bonds is 1. The second-order valence-corrected chi connectivity index (χ2v) is 4.69. The lowest BCUT2D eigenvalue weighted by Crippen LogP contribution is -2.38. The number of hydrogen-bond acceptors (Lipinski definition) is 2. The zero-order valence-corrected chi connectivity index (χ0v) is 10.2. The molecule has 0 radical (unpaired) electrons. The van der Waals surface area contributed by atoms with E-state index >= 15 is 0 Å². The molecule has 14 heavy (non-hydrogen) atoms. The molecule has 1 saturated carbocycles. The Morgan fingerprint density at radius 2 is 1.71 bits per heavy atom. The molecule has 0 saturated heterocycles. The highest BCUT2D eigenvalue weighted by Crippen LogP contribution is 2.34. The predicted octanol–water partition coefficient (Wildman–Crippen LogP) is 3.09. The van der Waals surface area contributed by atoms with Gasteiger partial charge in [-0.1, -0.05) is 13.8 Å². The van der Waals surface area contributed by atoms with Crippen LogP contribution in [0.3, 0.4) is 0 Å². The number of carbonyl (C=O) groups excluding carboxylic acids is 1. The normalized spacial score (nSPS) is 17.6. The third-order valence-corrected chi connectivity index (χ3v) is 1.80. The van der Waals surface area contributed by atoms with Gasteiger partial charge in [-0.3, -0.25) is 0 Å². The molecule has 1 amide bonds. The van der Waals surface area contributed by atoms with Gasteiger partial charge in [0, 0.05) is 5.54 Å². The predicted molar refractivity (Wildman–Crippen MR) is 58.4 cm³/mol. The van der Waals surface area contributed by atoms with E-state index in [0.29, 0.717) is 0 Å². The monoisotopic (exact) mass is 201 g/mol. The Morgan fingerprint density at radius 3 is 2.00 bits per heavy atom. The first-order chi connectivity index (χ1) is 6.31. The van der Waals surface area contributed by atoms with Crippen molar-refractivity contribution in [3.8, 4) is 0 Å². The van der Waals surface area contributed by atoms with Crippen LogP contribution in [0.1, 0.15) is 54.4 Å². The molecule has 0 bridgehead atoms. The van der Waals surface area contributed by atoms with Gasteiger partial charge in [0.25, 0.3) is 0 Å². The van der Waals surface area contributed by atoms with E-state index < -0.39 is 5.60 Å². The minimum atomic E-state index is -0.394. The summed E-state index contributed by atoms with van der Waals surface area (Å²) in [6.07, 6.45) is 1.82.